The Hall–Kier alpha value is -1.70. The molecule has 0 amide bonds. The van der Waals surface area contributed by atoms with Crippen molar-refractivity contribution in [2.45, 2.75) is 32.0 Å². The molecule has 0 atom stereocenters. The fourth-order valence-electron chi connectivity index (χ4n) is 2.36. The highest BCUT2D eigenvalue weighted by Gasteiger charge is 2.29. The summed E-state index contributed by atoms with van der Waals surface area (Å²) in [5, 5.41) is 13.1. The van der Waals surface area contributed by atoms with Crippen molar-refractivity contribution in [2.75, 3.05) is 0 Å². The lowest BCUT2D eigenvalue weighted by atomic mass is 10.1. The molecule has 2 aromatic rings. The summed E-state index contributed by atoms with van der Waals surface area (Å²) in [5.74, 6) is -0.222. The number of nitriles is 1. The van der Waals surface area contributed by atoms with E-state index >= 15 is 0 Å². The quantitative estimate of drug-likeness (QED) is 0.833. The minimum Gasteiger partial charge on any atom is -0.292 e. The van der Waals surface area contributed by atoms with Crippen molar-refractivity contribution >= 4 is 11.3 Å². The summed E-state index contributed by atoms with van der Waals surface area (Å²) in [6.45, 7) is 1.42. The van der Waals surface area contributed by atoms with Gasteiger partial charge in [-0.2, -0.15) is 16.6 Å². The lowest BCUT2D eigenvalue weighted by Gasteiger charge is -2.22. The Balaban J connectivity index is 1.78. The Morgan fingerprint density at radius 1 is 1.30 bits per heavy atom. The van der Waals surface area contributed by atoms with Crippen molar-refractivity contribution in [3.8, 4) is 6.07 Å². The molecule has 20 heavy (non-hydrogen) atoms. The lowest BCUT2D eigenvalue weighted by Crippen LogP contribution is -2.25. The molecule has 1 aromatic heterocycles. The Bertz CT molecular complexity index is 626. The zero-order chi connectivity index (χ0) is 13.9. The van der Waals surface area contributed by atoms with Gasteiger partial charge in [0.1, 0.15) is 5.82 Å². The second-order valence-electron chi connectivity index (χ2n) is 5.19. The maximum atomic E-state index is 13.9. The number of thiophene rings is 1. The zero-order valence-electron chi connectivity index (χ0n) is 11.1. The van der Waals surface area contributed by atoms with Crippen LogP contribution in [0.3, 0.4) is 0 Å². The van der Waals surface area contributed by atoms with Crippen LogP contribution in [-0.2, 0) is 13.1 Å². The predicted molar refractivity (Wildman–Crippen MR) is 77.7 cm³/mol. The van der Waals surface area contributed by atoms with Crippen molar-refractivity contribution in [3.63, 3.8) is 0 Å². The van der Waals surface area contributed by atoms with E-state index in [0.29, 0.717) is 23.7 Å². The van der Waals surface area contributed by atoms with E-state index in [1.807, 2.05) is 0 Å². The molecule has 1 heterocycles. The second-order valence-corrected chi connectivity index (χ2v) is 5.97. The molecule has 0 radical (unpaired) electrons. The van der Waals surface area contributed by atoms with Crippen LogP contribution in [0.1, 0.15) is 29.5 Å². The van der Waals surface area contributed by atoms with Crippen molar-refractivity contribution in [3.05, 3.63) is 57.5 Å². The van der Waals surface area contributed by atoms with Crippen LogP contribution in [0.2, 0.25) is 0 Å². The molecule has 4 heteroatoms. The molecule has 1 fully saturated rings. The first-order valence-corrected chi connectivity index (χ1v) is 7.64. The van der Waals surface area contributed by atoms with Gasteiger partial charge in [-0.05, 0) is 53.4 Å². The molecule has 1 saturated carbocycles. The Morgan fingerprint density at radius 2 is 2.15 bits per heavy atom. The van der Waals surface area contributed by atoms with Crippen LogP contribution in [-0.4, -0.2) is 10.9 Å². The molecule has 2 nitrogen and oxygen atoms in total. The summed E-state index contributed by atoms with van der Waals surface area (Å²) in [6.07, 6.45) is 2.37. The Labute approximate surface area is 122 Å². The average Bonchev–Trinajstić information content (AvgIpc) is 3.18. The lowest BCUT2D eigenvalue weighted by molar-refractivity contribution is 0.242. The molecule has 0 aliphatic heterocycles. The van der Waals surface area contributed by atoms with Crippen LogP contribution in [0.4, 0.5) is 4.39 Å². The fourth-order valence-corrected chi connectivity index (χ4v) is 3.01. The maximum absolute atomic E-state index is 13.9. The summed E-state index contributed by atoms with van der Waals surface area (Å²) in [4.78, 5) is 2.31. The van der Waals surface area contributed by atoms with Gasteiger partial charge in [0.15, 0.2) is 0 Å². The van der Waals surface area contributed by atoms with Gasteiger partial charge in [0, 0.05) is 24.7 Å². The number of hydrogen-bond donors (Lipinski definition) is 0. The average molecular weight is 286 g/mol. The number of nitrogens with zero attached hydrogens (tertiary/aromatic N) is 2. The molecule has 0 N–H and O–H groups in total. The zero-order valence-corrected chi connectivity index (χ0v) is 11.9. The topological polar surface area (TPSA) is 27.0 Å². The number of hydrogen-bond acceptors (Lipinski definition) is 3. The molecule has 1 aliphatic carbocycles. The summed E-state index contributed by atoms with van der Waals surface area (Å²) in [7, 11) is 0. The van der Waals surface area contributed by atoms with Gasteiger partial charge in [0.05, 0.1) is 11.6 Å². The van der Waals surface area contributed by atoms with Gasteiger partial charge in [-0.25, -0.2) is 4.39 Å². The smallest absolute Gasteiger partial charge is 0.127 e. The Kier molecular flexibility index (Phi) is 3.81. The van der Waals surface area contributed by atoms with Gasteiger partial charge in [0.2, 0.25) is 0 Å². The SMILES string of the molecule is N#Cc1ccc(F)c(CN(Cc2ccsc2)C2CC2)c1. The highest BCUT2D eigenvalue weighted by Crippen LogP contribution is 2.30. The van der Waals surface area contributed by atoms with Gasteiger partial charge < -0.3 is 0 Å². The number of rotatable bonds is 5. The third-order valence-electron chi connectivity index (χ3n) is 3.58. The van der Waals surface area contributed by atoms with Gasteiger partial charge in [-0.1, -0.05) is 0 Å². The van der Waals surface area contributed by atoms with E-state index in [4.69, 9.17) is 5.26 Å². The second kappa shape index (κ2) is 5.74. The van der Waals surface area contributed by atoms with E-state index in [1.54, 1.807) is 17.4 Å². The van der Waals surface area contributed by atoms with Crippen LogP contribution in [0, 0.1) is 17.1 Å². The van der Waals surface area contributed by atoms with Gasteiger partial charge in [0.25, 0.3) is 0 Å². The summed E-state index contributed by atoms with van der Waals surface area (Å²) < 4.78 is 13.9. The largest absolute Gasteiger partial charge is 0.292 e. The number of benzene rings is 1. The monoisotopic (exact) mass is 286 g/mol. The van der Waals surface area contributed by atoms with Crippen LogP contribution < -0.4 is 0 Å². The van der Waals surface area contributed by atoms with E-state index in [1.165, 1.54) is 30.5 Å². The molecule has 0 spiro atoms. The van der Waals surface area contributed by atoms with E-state index in [9.17, 15) is 4.39 Å². The van der Waals surface area contributed by atoms with Crippen molar-refractivity contribution in [2.24, 2.45) is 0 Å². The van der Waals surface area contributed by atoms with Crippen molar-refractivity contribution < 1.29 is 4.39 Å². The molecular formula is C16H15FN2S. The first-order chi connectivity index (χ1) is 9.76. The molecule has 1 aliphatic rings. The highest BCUT2D eigenvalue weighted by molar-refractivity contribution is 7.07. The molecule has 0 unspecified atom stereocenters. The van der Waals surface area contributed by atoms with E-state index in [2.05, 4.69) is 27.8 Å². The Morgan fingerprint density at radius 3 is 2.80 bits per heavy atom. The van der Waals surface area contributed by atoms with E-state index in [-0.39, 0.29) is 5.82 Å². The van der Waals surface area contributed by atoms with Gasteiger partial charge >= 0.3 is 0 Å². The molecule has 3 rings (SSSR count). The van der Waals surface area contributed by atoms with Crippen LogP contribution in [0.15, 0.2) is 35.0 Å². The third-order valence-corrected chi connectivity index (χ3v) is 4.31. The highest BCUT2D eigenvalue weighted by atomic mass is 32.1. The fraction of sp³-hybridized carbons (Fsp3) is 0.312. The van der Waals surface area contributed by atoms with Crippen molar-refractivity contribution in [1.29, 1.82) is 5.26 Å². The minimum atomic E-state index is -0.222. The van der Waals surface area contributed by atoms with Crippen LogP contribution >= 0.6 is 11.3 Å². The van der Waals surface area contributed by atoms with E-state index < -0.39 is 0 Å². The molecule has 0 bridgehead atoms. The van der Waals surface area contributed by atoms with Gasteiger partial charge in [-0.3, -0.25) is 4.90 Å². The van der Waals surface area contributed by atoms with Crippen molar-refractivity contribution in [1.82, 2.24) is 4.90 Å². The molecule has 0 saturated heterocycles. The normalized spacial score (nSPS) is 14.4. The first-order valence-electron chi connectivity index (χ1n) is 6.70. The van der Waals surface area contributed by atoms with Gasteiger partial charge in [-0.15, -0.1) is 0 Å². The predicted octanol–water partition coefficient (Wildman–Crippen LogP) is 3.92. The maximum Gasteiger partial charge on any atom is 0.127 e. The van der Waals surface area contributed by atoms with E-state index in [0.717, 1.165) is 6.54 Å². The third kappa shape index (κ3) is 3.06. The summed E-state index contributed by atoms with van der Waals surface area (Å²) in [5.41, 5.74) is 2.41. The molecule has 102 valence electrons. The van der Waals surface area contributed by atoms with Crippen LogP contribution in [0.5, 0.6) is 0 Å². The summed E-state index contributed by atoms with van der Waals surface area (Å²) in [6, 6.07) is 9.33. The summed E-state index contributed by atoms with van der Waals surface area (Å²) >= 11 is 1.69. The minimum absolute atomic E-state index is 0.222. The standard InChI is InChI=1S/C16H15FN2S/c17-16-4-1-12(8-18)7-14(16)10-19(15-2-3-15)9-13-5-6-20-11-13/h1,4-7,11,15H,2-3,9-10H2. The van der Waals surface area contributed by atoms with Crippen LogP contribution in [0.25, 0.3) is 0 Å². The molecular weight excluding hydrogens is 271 g/mol. The molecule has 1 aromatic carbocycles. The number of halogens is 1. The first kappa shape index (κ1) is 13.3.